The van der Waals surface area contributed by atoms with E-state index >= 15 is 0 Å². The van der Waals surface area contributed by atoms with E-state index < -0.39 is 0 Å². The van der Waals surface area contributed by atoms with Gasteiger partial charge >= 0.3 is 5.97 Å². The van der Waals surface area contributed by atoms with Gasteiger partial charge in [0, 0.05) is 55.6 Å². The van der Waals surface area contributed by atoms with E-state index in [0.29, 0.717) is 12.4 Å². The van der Waals surface area contributed by atoms with E-state index in [9.17, 15) is 9.59 Å². The Hall–Kier alpha value is -1.38. The summed E-state index contributed by atoms with van der Waals surface area (Å²) in [5, 5.41) is -0.267. The number of likely N-dealkylation sites (N-methyl/N-ethyl adjacent to an activating group) is 1. The first-order valence-electron chi connectivity index (χ1n) is 9.18. The van der Waals surface area contributed by atoms with Crippen molar-refractivity contribution in [1.29, 1.82) is 0 Å². The van der Waals surface area contributed by atoms with Gasteiger partial charge in [-0.1, -0.05) is 11.8 Å². The number of thiol groups is 1. The third-order valence-corrected chi connectivity index (χ3v) is 6.19. The molecule has 1 heterocycles. The first-order valence-corrected chi connectivity index (χ1v) is 10.7. The summed E-state index contributed by atoms with van der Waals surface area (Å²) in [6, 6.07) is 8.08. The highest BCUT2D eigenvalue weighted by atomic mass is 32.2. The second-order valence-corrected chi connectivity index (χ2v) is 8.31. The number of ether oxygens (including phenoxy) is 1. The van der Waals surface area contributed by atoms with Gasteiger partial charge in [0.1, 0.15) is 0 Å². The number of amides is 1. The normalized spacial score (nSPS) is 16.1. The number of benzene rings is 1. The molecule has 8 heteroatoms. The highest BCUT2D eigenvalue weighted by Gasteiger charge is 2.18. The van der Waals surface area contributed by atoms with Crippen molar-refractivity contribution in [2.75, 3.05) is 62.4 Å². The van der Waals surface area contributed by atoms with Crippen LogP contribution in [0.2, 0.25) is 0 Å². The zero-order chi connectivity index (χ0) is 19.8. The van der Waals surface area contributed by atoms with Crippen LogP contribution < -0.4 is 9.80 Å². The molecule has 27 heavy (non-hydrogen) atoms. The van der Waals surface area contributed by atoms with Crippen LogP contribution in [0.5, 0.6) is 0 Å². The van der Waals surface area contributed by atoms with E-state index in [0.717, 1.165) is 31.9 Å². The Labute approximate surface area is 171 Å². The molecule has 1 atom stereocenters. The third-order valence-electron chi connectivity index (χ3n) is 4.49. The number of hydrogen-bond donors (Lipinski definition) is 1. The van der Waals surface area contributed by atoms with E-state index in [1.807, 2.05) is 12.1 Å². The highest BCUT2D eigenvalue weighted by molar-refractivity contribution is 8.14. The van der Waals surface area contributed by atoms with Crippen molar-refractivity contribution in [2.45, 2.75) is 18.6 Å². The van der Waals surface area contributed by atoms with Crippen LogP contribution >= 0.6 is 24.4 Å². The first-order chi connectivity index (χ1) is 12.9. The fraction of sp³-hybridized carbons (Fsp3) is 0.579. The second kappa shape index (κ2) is 10.8. The number of piperazine rings is 1. The topological polar surface area (TPSA) is 53.1 Å². The molecule has 0 aromatic heterocycles. The Morgan fingerprint density at radius 1 is 1.22 bits per heavy atom. The Morgan fingerprint density at radius 3 is 2.44 bits per heavy atom. The molecule has 1 saturated heterocycles. The Morgan fingerprint density at radius 2 is 1.85 bits per heavy atom. The highest BCUT2D eigenvalue weighted by Crippen LogP contribution is 2.24. The lowest BCUT2D eigenvalue weighted by Gasteiger charge is -2.34. The number of thioether (sulfide) groups is 1. The molecule has 0 aliphatic carbocycles. The van der Waals surface area contributed by atoms with Gasteiger partial charge in [0.25, 0.3) is 5.24 Å². The minimum atomic E-state index is -0.279. The average Bonchev–Trinajstić information content (AvgIpc) is 2.66. The molecule has 1 fully saturated rings. The average molecular weight is 412 g/mol. The van der Waals surface area contributed by atoms with Crippen LogP contribution in [0.3, 0.4) is 0 Å². The van der Waals surface area contributed by atoms with E-state index in [-0.39, 0.29) is 22.9 Å². The molecule has 2 rings (SSSR count). The molecule has 1 aliphatic heterocycles. The van der Waals surface area contributed by atoms with Crippen molar-refractivity contribution in [2.24, 2.45) is 0 Å². The molecule has 1 unspecified atom stereocenters. The monoisotopic (exact) mass is 411 g/mol. The molecule has 0 saturated carbocycles. The van der Waals surface area contributed by atoms with E-state index in [1.54, 1.807) is 18.9 Å². The molecule has 1 aliphatic rings. The summed E-state index contributed by atoms with van der Waals surface area (Å²) in [6.45, 7) is 6.29. The summed E-state index contributed by atoms with van der Waals surface area (Å²) in [7, 11) is 3.90. The number of esters is 1. The summed E-state index contributed by atoms with van der Waals surface area (Å²) in [6.07, 6.45) is 0.209. The summed E-state index contributed by atoms with van der Waals surface area (Å²) in [5.74, 6) is 0.184. The van der Waals surface area contributed by atoms with Crippen LogP contribution in [0.1, 0.15) is 13.3 Å². The molecular formula is C19H29N3O3S2. The first kappa shape index (κ1) is 21.9. The van der Waals surface area contributed by atoms with Gasteiger partial charge in [-0.25, -0.2) is 0 Å². The molecule has 6 nitrogen and oxygen atoms in total. The Balaban J connectivity index is 1.82. The molecule has 0 radical (unpaired) electrons. The number of nitrogens with zero attached hydrogens (tertiary/aromatic N) is 3. The van der Waals surface area contributed by atoms with Gasteiger partial charge in [-0.2, -0.15) is 12.6 Å². The van der Waals surface area contributed by atoms with Crippen LogP contribution in [0.15, 0.2) is 24.3 Å². The maximum atomic E-state index is 12.4. The van der Waals surface area contributed by atoms with E-state index in [2.05, 4.69) is 41.6 Å². The smallest absolute Gasteiger partial charge is 0.306 e. The maximum absolute atomic E-state index is 12.4. The Bertz CT molecular complexity index is 619. The molecule has 0 spiro atoms. The van der Waals surface area contributed by atoms with Crippen LogP contribution in [0.25, 0.3) is 0 Å². The quantitative estimate of drug-likeness (QED) is 0.550. The van der Waals surface area contributed by atoms with Crippen molar-refractivity contribution in [3.63, 3.8) is 0 Å². The lowest BCUT2D eigenvalue weighted by atomic mass is 10.2. The van der Waals surface area contributed by atoms with Crippen molar-refractivity contribution in [3.05, 3.63) is 24.3 Å². The zero-order valence-electron chi connectivity index (χ0n) is 16.3. The van der Waals surface area contributed by atoms with Crippen LogP contribution in [-0.2, 0) is 9.53 Å². The Kier molecular flexibility index (Phi) is 8.79. The van der Waals surface area contributed by atoms with Gasteiger partial charge in [0.2, 0.25) is 0 Å². The van der Waals surface area contributed by atoms with Crippen LogP contribution in [0, 0.1) is 0 Å². The fourth-order valence-corrected chi connectivity index (χ4v) is 3.92. The molecule has 1 aromatic carbocycles. The maximum Gasteiger partial charge on any atom is 0.306 e. The van der Waals surface area contributed by atoms with Gasteiger partial charge in [0.05, 0.1) is 13.0 Å². The third kappa shape index (κ3) is 6.93. The van der Waals surface area contributed by atoms with Crippen molar-refractivity contribution in [3.8, 4) is 0 Å². The lowest BCUT2D eigenvalue weighted by Crippen LogP contribution is -2.44. The van der Waals surface area contributed by atoms with E-state index in [4.69, 9.17) is 4.74 Å². The number of carbonyl (C=O) groups is 2. The summed E-state index contributed by atoms with van der Waals surface area (Å²) >= 11 is 5.54. The van der Waals surface area contributed by atoms with Crippen molar-refractivity contribution in [1.82, 2.24) is 4.90 Å². The van der Waals surface area contributed by atoms with Gasteiger partial charge < -0.3 is 19.4 Å². The zero-order valence-corrected chi connectivity index (χ0v) is 18.0. The van der Waals surface area contributed by atoms with Gasteiger partial charge in [-0.05, 0) is 38.2 Å². The summed E-state index contributed by atoms with van der Waals surface area (Å²) in [5.41, 5.74) is 2.04. The SMILES string of the molecule is CCOC(=O)CC(S)CSC(=O)N(C)c1ccc(N2CCN(C)CC2)cc1. The standard InChI is InChI=1S/C19H29N3O3S2/c1-4-25-18(23)13-17(26)14-27-19(24)21(3)15-5-7-16(8-6-15)22-11-9-20(2)10-12-22/h5-8,17,26H,4,9-14H2,1-3H3. The number of anilines is 2. The van der Waals surface area contributed by atoms with Crippen LogP contribution in [0.4, 0.5) is 16.2 Å². The lowest BCUT2D eigenvalue weighted by molar-refractivity contribution is -0.142. The molecule has 1 amide bonds. The minimum Gasteiger partial charge on any atom is -0.466 e. The summed E-state index contributed by atoms with van der Waals surface area (Å²) < 4.78 is 4.90. The second-order valence-electron chi connectivity index (χ2n) is 6.61. The van der Waals surface area contributed by atoms with Crippen molar-refractivity contribution >= 4 is 47.0 Å². The molecule has 150 valence electrons. The molecule has 0 N–H and O–H groups in total. The predicted molar refractivity (Wildman–Crippen MR) is 116 cm³/mol. The van der Waals surface area contributed by atoms with Crippen molar-refractivity contribution < 1.29 is 14.3 Å². The number of carbonyl (C=O) groups excluding carboxylic acids is 2. The largest absolute Gasteiger partial charge is 0.466 e. The minimum absolute atomic E-state index is 0.0646. The van der Waals surface area contributed by atoms with Crippen LogP contribution in [-0.4, -0.2) is 74.0 Å². The molecule has 1 aromatic rings. The number of hydrogen-bond acceptors (Lipinski definition) is 7. The summed E-state index contributed by atoms with van der Waals surface area (Å²) in [4.78, 5) is 30.2. The van der Waals surface area contributed by atoms with Gasteiger partial charge in [-0.3, -0.25) is 9.59 Å². The predicted octanol–water partition coefficient (Wildman–Crippen LogP) is 2.98. The van der Waals surface area contributed by atoms with E-state index in [1.165, 1.54) is 17.4 Å². The number of rotatable bonds is 7. The van der Waals surface area contributed by atoms with Gasteiger partial charge in [-0.15, -0.1) is 0 Å². The molecular weight excluding hydrogens is 382 g/mol. The van der Waals surface area contributed by atoms with Gasteiger partial charge in [0.15, 0.2) is 0 Å². The fourth-order valence-electron chi connectivity index (χ4n) is 2.79. The molecule has 0 bridgehead atoms.